The van der Waals surface area contributed by atoms with Crippen molar-refractivity contribution in [3.8, 4) is 0 Å². The zero-order chi connectivity index (χ0) is 14.1. The molecule has 19 heavy (non-hydrogen) atoms. The van der Waals surface area contributed by atoms with Crippen LogP contribution in [0.5, 0.6) is 0 Å². The van der Waals surface area contributed by atoms with Crippen LogP contribution in [0.15, 0.2) is 0 Å². The van der Waals surface area contributed by atoms with Crippen molar-refractivity contribution in [2.24, 2.45) is 5.41 Å². The van der Waals surface area contributed by atoms with Crippen LogP contribution in [0.3, 0.4) is 0 Å². The maximum atomic E-state index is 11.7. The van der Waals surface area contributed by atoms with E-state index in [1.807, 2.05) is 0 Å². The smallest absolute Gasteiger partial charge is 0.321 e. The van der Waals surface area contributed by atoms with E-state index in [1.54, 1.807) is 0 Å². The normalized spacial score (nSPS) is 17.1. The first-order valence-corrected chi connectivity index (χ1v) is 7.16. The van der Waals surface area contributed by atoms with Crippen LogP contribution in [0.4, 0.5) is 9.93 Å². The molecule has 0 saturated heterocycles. The van der Waals surface area contributed by atoms with Crippen LogP contribution in [0.25, 0.3) is 0 Å². The molecule has 1 aromatic heterocycles. The number of rotatable bonds is 4. The standard InChI is InChI=1S/C12H20N4O2S/c1-11(2,3)8-15-16-10(19-8)14-9(18)13-6-12(7-17)4-5-12/h17H,4-7H2,1-3H3,(H2,13,14,16,18). The highest BCUT2D eigenvalue weighted by atomic mass is 32.1. The van der Waals surface area contributed by atoms with Gasteiger partial charge in [0, 0.05) is 17.4 Å². The van der Waals surface area contributed by atoms with E-state index in [0.29, 0.717) is 11.7 Å². The minimum absolute atomic E-state index is 0.0664. The average Bonchev–Trinajstić information content (AvgIpc) is 2.96. The van der Waals surface area contributed by atoms with Gasteiger partial charge in [-0.15, -0.1) is 10.2 Å². The van der Waals surface area contributed by atoms with Crippen molar-refractivity contribution < 1.29 is 9.90 Å². The molecule has 0 aliphatic heterocycles. The summed E-state index contributed by atoms with van der Waals surface area (Å²) in [5, 5.41) is 24.0. The second kappa shape index (κ2) is 5.05. The van der Waals surface area contributed by atoms with Gasteiger partial charge >= 0.3 is 6.03 Å². The predicted octanol–water partition coefficient (Wildman–Crippen LogP) is 1.73. The number of nitrogens with zero attached hydrogens (tertiary/aromatic N) is 2. The van der Waals surface area contributed by atoms with E-state index >= 15 is 0 Å². The lowest BCUT2D eigenvalue weighted by molar-refractivity contribution is 0.206. The number of aliphatic hydroxyl groups excluding tert-OH is 1. The molecule has 1 aliphatic rings. The molecule has 0 radical (unpaired) electrons. The summed E-state index contributed by atoms with van der Waals surface area (Å²) in [6.07, 6.45) is 1.94. The van der Waals surface area contributed by atoms with Crippen LogP contribution in [-0.2, 0) is 5.41 Å². The molecular weight excluding hydrogens is 264 g/mol. The highest BCUT2D eigenvalue weighted by Crippen LogP contribution is 2.44. The summed E-state index contributed by atoms with van der Waals surface area (Å²) in [5.74, 6) is 0. The van der Waals surface area contributed by atoms with Crippen molar-refractivity contribution in [3.63, 3.8) is 0 Å². The summed E-state index contributed by atoms with van der Waals surface area (Å²) in [5.41, 5.74) is -0.155. The molecule has 106 valence electrons. The molecule has 1 saturated carbocycles. The highest BCUT2D eigenvalue weighted by Gasteiger charge is 2.42. The Morgan fingerprint density at radius 1 is 1.42 bits per heavy atom. The van der Waals surface area contributed by atoms with Crippen molar-refractivity contribution in [2.45, 2.75) is 39.0 Å². The fourth-order valence-electron chi connectivity index (χ4n) is 1.55. The zero-order valence-corrected chi connectivity index (χ0v) is 12.3. The van der Waals surface area contributed by atoms with Gasteiger partial charge in [-0.1, -0.05) is 32.1 Å². The summed E-state index contributed by atoms with van der Waals surface area (Å²) in [7, 11) is 0. The van der Waals surface area contributed by atoms with Gasteiger partial charge in [-0.2, -0.15) is 0 Å². The largest absolute Gasteiger partial charge is 0.396 e. The lowest BCUT2D eigenvalue weighted by atomic mass is 9.98. The maximum Gasteiger partial charge on any atom is 0.321 e. The minimum Gasteiger partial charge on any atom is -0.396 e. The van der Waals surface area contributed by atoms with Crippen molar-refractivity contribution in [3.05, 3.63) is 5.01 Å². The SMILES string of the molecule is CC(C)(C)c1nnc(NC(=O)NCC2(CO)CC2)s1. The van der Waals surface area contributed by atoms with Gasteiger partial charge in [-0.25, -0.2) is 4.79 Å². The van der Waals surface area contributed by atoms with E-state index in [4.69, 9.17) is 5.11 Å². The number of aromatic nitrogens is 2. The Morgan fingerprint density at radius 2 is 2.11 bits per heavy atom. The number of carbonyl (C=O) groups is 1. The van der Waals surface area contributed by atoms with Gasteiger partial charge in [0.05, 0.1) is 6.61 Å². The number of aliphatic hydroxyl groups is 1. The average molecular weight is 284 g/mol. The number of nitrogens with one attached hydrogen (secondary N) is 2. The van der Waals surface area contributed by atoms with Gasteiger partial charge in [0.1, 0.15) is 5.01 Å². The van der Waals surface area contributed by atoms with E-state index in [9.17, 15) is 4.79 Å². The monoisotopic (exact) mass is 284 g/mol. The van der Waals surface area contributed by atoms with E-state index in [2.05, 4.69) is 41.6 Å². The number of hydrogen-bond acceptors (Lipinski definition) is 5. The van der Waals surface area contributed by atoms with Gasteiger partial charge in [0.25, 0.3) is 0 Å². The molecule has 0 unspecified atom stereocenters. The second-order valence-electron chi connectivity index (χ2n) is 6.13. The Labute approximate surface area is 116 Å². The van der Waals surface area contributed by atoms with Crippen LogP contribution >= 0.6 is 11.3 Å². The highest BCUT2D eigenvalue weighted by molar-refractivity contribution is 7.15. The molecule has 1 fully saturated rings. The molecule has 2 amide bonds. The third kappa shape index (κ3) is 3.63. The van der Waals surface area contributed by atoms with E-state index in [1.165, 1.54) is 11.3 Å². The van der Waals surface area contributed by atoms with E-state index in [-0.39, 0.29) is 23.5 Å². The Morgan fingerprint density at radius 3 is 2.58 bits per heavy atom. The van der Waals surface area contributed by atoms with Gasteiger partial charge in [-0.05, 0) is 12.8 Å². The third-order valence-electron chi connectivity index (χ3n) is 3.20. The Balaban J connectivity index is 1.84. The lowest BCUT2D eigenvalue weighted by Crippen LogP contribution is -2.35. The number of anilines is 1. The number of carbonyl (C=O) groups excluding carboxylic acids is 1. The lowest BCUT2D eigenvalue weighted by Gasteiger charge is -2.13. The fraction of sp³-hybridized carbons (Fsp3) is 0.750. The molecule has 0 atom stereocenters. The Hall–Kier alpha value is -1.21. The summed E-state index contributed by atoms with van der Waals surface area (Å²) in [6, 6.07) is -0.295. The summed E-state index contributed by atoms with van der Waals surface area (Å²) in [6.45, 7) is 6.78. The molecule has 3 N–H and O–H groups in total. The Kier molecular flexibility index (Phi) is 3.78. The minimum atomic E-state index is -0.295. The third-order valence-corrected chi connectivity index (χ3v) is 4.47. The molecule has 0 aromatic carbocycles. The molecular formula is C12H20N4O2S. The van der Waals surface area contributed by atoms with Gasteiger partial charge in [-0.3, -0.25) is 5.32 Å². The second-order valence-corrected chi connectivity index (χ2v) is 7.11. The maximum absolute atomic E-state index is 11.7. The van der Waals surface area contributed by atoms with Crippen molar-refractivity contribution >= 4 is 22.5 Å². The number of hydrogen-bond donors (Lipinski definition) is 3. The van der Waals surface area contributed by atoms with Crippen LogP contribution in [0.1, 0.15) is 38.6 Å². The first kappa shape index (κ1) is 14.2. The van der Waals surface area contributed by atoms with Crippen LogP contribution in [-0.4, -0.2) is 34.5 Å². The number of amides is 2. The van der Waals surface area contributed by atoms with Crippen molar-refractivity contribution in [1.29, 1.82) is 0 Å². The molecule has 6 nitrogen and oxygen atoms in total. The first-order valence-electron chi connectivity index (χ1n) is 6.34. The molecule has 7 heteroatoms. The fourth-order valence-corrected chi connectivity index (χ4v) is 2.35. The topological polar surface area (TPSA) is 87.1 Å². The summed E-state index contributed by atoms with van der Waals surface area (Å²) >= 11 is 1.38. The first-order chi connectivity index (χ1) is 8.85. The van der Waals surface area contributed by atoms with Gasteiger partial charge in [0.15, 0.2) is 0 Å². The van der Waals surface area contributed by atoms with Crippen LogP contribution in [0.2, 0.25) is 0 Å². The molecule has 1 heterocycles. The predicted molar refractivity (Wildman–Crippen MR) is 74.4 cm³/mol. The molecule has 0 spiro atoms. The summed E-state index contributed by atoms with van der Waals surface area (Å²) in [4.78, 5) is 11.7. The van der Waals surface area contributed by atoms with Gasteiger partial charge in [0.2, 0.25) is 5.13 Å². The molecule has 1 aliphatic carbocycles. The van der Waals surface area contributed by atoms with Crippen molar-refractivity contribution in [1.82, 2.24) is 15.5 Å². The summed E-state index contributed by atoms with van der Waals surface area (Å²) < 4.78 is 0. The van der Waals surface area contributed by atoms with E-state index < -0.39 is 0 Å². The Bertz CT molecular complexity index is 463. The van der Waals surface area contributed by atoms with Crippen LogP contribution < -0.4 is 10.6 Å². The number of urea groups is 1. The zero-order valence-electron chi connectivity index (χ0n) is 11.5. The van der Waals surface area contributed by atoms with Gasteiger partial charge < -0.3 is 10.4 Å². The molecule has 0 bridgehead atoms. The van der Waals surface area contributed by atoms with Crippen molar-refractivity contribution in [2.75, 3.05) is 18.5 Å². The quantitative estimate of drug-likeness (QED) is 0.786. The van der Waals surface area contributed by atoms with E-state index in [0.717, 1.165) is 17.8 Å². The van der Waals surface area contributed by atoms with Crippen LogP contribution in [0, 0.1) is 5.41 Å². The molecule has 2 rings (SSSR count). The molecule has 1 aromatic rings.